The van der Waals surface area contributed by atoms with Crippen LogP contribution in [0.4, 0.5) is 0 Å². The van der Waals surface area contributed by atoms with Crippen LogP contribution in [0, 0.1) is 17.8 Å². The van der Waals surface area contributed by atoms with Crippen LogP contribution in [0.2, 0.25) is 0 Å². The van der Waals surface area contributed by atoms with Crippen LogP contribution in [-0.4, -0.2) is 37.2 Å². The first-order chi connectivity index (χ1) is 34.2. The van der Waals surface area contributed by atoms with Gasteiger partial charge in [-0.2, -0.15) is 0 Å². The van der Waals surface area contributed by atoms with Crippen molar-refractivity contribution < 1.29 is 28.6 Å². The van der Waals surface area contributed by atoms with Gasteiger partial charge in [0, 0.05) is 19.3 Å². The van der Waals surface area contributed by atoms with Crippen LogP contribution in [-0.2, 0) is 28.6 Å². The first kappa shape index (κ1) is 68.4. The fraction of sp³-hybridized carbons (Fsp3) is 0.953. The minimum Gasteiger partial charge on any atom is -0.462 e. The van der Waals surface area contributed by atoms with E-state index in [0.29, 0.717) is 19.3 Å². The monoisotopic (exact) mass is 989 g/mol. The highest BCUT2D eigenvalue weighted by Crippen LogP contribution is 2.20. The molecular weight excluding hydrogens is 865 g/mol. The molecule has 0 saturated heterocycles. The van der Waals surface area contributed by atoms with E-state index in [-0.39, 0.29) is 31.1 Å². The fourth-order valence-corrected chi connectivity index (χ4v) is 9.82. The third-order valence-corrected chi connectivity index (χ3v) is 15.4. The van der Waals surface area contributed by atoms with Crippen LogP contribution >= 0.6 is 0 Å². The highest BCUT2D eigenvalue weighted by molar-refractivity contribution is 5.71. The van der Waals surface area contributed by atoms with Crippen LogP contribution in [0.1, 0.15) is 356 Å². The summed E-state index contributed by atoms with van der Waals surface area (Å²) in [5.41, 5.74) is 0. The molecule has 0 aromatic heterocycles. The molecule has 2 unspecified atom stereocenters. The van der Waals surface area contributed by atoms with E-state index in [0.717, 1.165) is 75.5 Å². The molecule has 416 valence electrons. The first-order valence-corrected chi connectivity index (χ1v) is 31.7. The van der Waals surface area contributed by atoms with Crippen molar-refractivity contribution in [3.63, 3.8) is 0 Å². The zero-order chi connectivity index (χ0) is 51.2. The van der Waals surface area contributed by atoms with Gasteiger partial charge >= 0.3 is 17.9 Å². The second-order valence-corrected chi connectivity index (χ2v) is 23.0. The number of carbonyl (C=O) groups excluding carboxylic acids is 3. The van der Waals surface area contributed by atoms with Crippen molar-refractivity contribution in [1.29, 1.82) is 0 Å². The summed E-state index contributed by atoms with van der Waals surface area (Å²) < 4.78 is 16.9. The average Bonchev–Trinajstić information content (AvgIpc) is 3.35. The Morgan fingerprint density at radius 2 is 0.500 bits per heavy atom. The van der Waals surface area contributed by atoms with Crippen LogP contribution in [0.5, 0.6) is 0 Å². The number of ether oxygens (including phenoxy) is 3. The number of carbonyl (C=O) groups is 3. The van der Waals surface area contributed by atoms with E-state index in [4.69, 9.17) is 14.2 Å². The molecule has 3 atom stereocenters. The van der Waals surface area contributed by atoms with Gasteiger partial charge in [-0.3, -0.25) is 14.4 Å². The SMILES string of the molecule is CCC(C)CCCCCCCCCCCCCCCCCCCCC(=O)O[C@H](COC(=O)CCCCCCCCCCCCCCCCCC(C)C)COC(=O)CCCCCCCCCCC(C)CC. The third-order valence-electron chi connectivity index (χ3n) is 15.4. The van der Waals surface area contributed by atoms with Crippen molar-refractivity contribution in [3.8, 4) is 0 Å². The Labute approximate surface area is 438 Å². The minimum absolute atomic E-state index is 0.0632. The maximum atomic E-state index is 12.9. The van der Waals surface area contributed by atoms with E-state index in [9.17, 15) is 14.4 Å². The molecule has 0 N–H and O–H groups in total. The summed E-state index contributed by atoms with van der Waals surface area (Å²) in [6.45, 7) is 13.8. The number of unbranched alkanes of at least 4 members (excludes halogenated alkanes) is 38. The van der Waals surface area contributed by atoms with Crippen LogP contribution < -0.4 is 0 Å². The Morgan fingerprint density at radius 3 is 0.743 bits per heavy atom. The van der Waals surface area contributed by atoms with E-state index in [1.54, 1.807) is 0 Å². The smallest absolute Gasteiger partial charge is 0.306 e. The first-order valence-electron chi connectivity index (χ1n) is 31.7. The van der Waals surface area contributed by atoms with Crippen LogP contribution in [0.3, 0.4) is 0 Å². The predicted octanol–water partition coefficient (Wildman–Crippen LogP) is 21.1. The molecule has 0 bridgehead atoms. The lowest BCUT2D eigenvalue weighted by molar-refractivity contribution is -0.167. The van der Waals surface area contributed by atoms with E-state index < -0.39 is 6.10 Å². The molecule has 0 fully saturated rings. The molecule has 0 aromatic rings. The molecule has 70 heavy (non-hydrogen) atoms. The summed E-state index contributed by atoms with van der Waals surface area (Å²) in [7, 11) is 0. The molecule has 0 rings (SSSR count). The van der Waals surface area contributed by atoms with E-state index in [2.05, 4.69) is 41.5 Å². The highest BCUT2D eigenvalue weighted by atomic mass is 16.6. The third kappa shape index (κ3) is 54.2. The Hall–Kier alpha value is -1.59. The fourth-order valence-electron chi connectivity index (χ4n) is 9.82. The van der Waals surface area contributed by atoms with Crippen molar-refractivity contribution in [2.45, 2.75) is 362 Å². The normalized spacial score (nSPS) is 12.9. The van der Waals surface area contributed by atoms with Crippen molar-refractivity contribution in [3.05, 3.63) is 0 Å². The summed E-state index contributed by atoms with van der Waals surface area (Å²) >= 11 is 0. The molecule has 0 aliphatic rings. The molecule has 0 heterocycles. The maximum absolute atomic E-state index is 12.9. The Kier molecular flexibility index (Phi) is 53.9. The molecule has 0 amide bonds. The van der Waals surface area contributed by atoms with Crippen LogP contribution in [0.15, 0.2) is 0 Å². The quantitative estimate of drug-likeness (QED) is 0.0343. The standard InChI is InChI=1S/C64H124O6/c1-7-59(5)51-45-39-33-27-23-19-15-11-9-10-12-16-21-25-29-37-43-49-55-64(67)70-61(57-69-63(66)54-48-42-36-31-30-34-40-46-52-60(6)8-2)56-68-62(65)53-47-41-35-28-24-20-17-13-14-18-22-26-32-38-44-50-58(3)4/h58-61H,7-57H2,1-6H3/t59?,60?,61-/m1/s1. The highest BCUT2D eigenvalue weighted by Gasteiger charge is 2.19. The van der Waals surface area contributed by atoms with Crippen LogP contribution in [0.25, 0.3) is 0 Å². The molecule has 6 heteroatoms. The van der Waals surface area contributed by atoms with E-state index in [1.165, 1.54) is 238 Å². The molecular formula is C64H124O6. The molecule has 0 saturated carbocycles. The number of esters is 3. The Morgan fingerprint density at radius 1 is 0.286 bits per heavy atom. The lowest BCUT2D eigenvalue weighted by atomic mass is 9.99. The zero-order valence-electron chi connectivity index (χ0n) is 48.3. The van der Waals surface area contributed by atoms with E-state index >= 15 is 0 Å². The van der Waals surface area contributed by atoms with Gasteiger partial charge in [0.2, 0.25) is 0 Å². The second kappa shape index (κ2) is 55.2. The summed E-state index contributed by atoms with van der Waals surface area (Å²) in [4.78, 5) is 38.3. The largest absolute Gasteiger partial charge is 0.462 e. The maximum Gasteiger partial charge on any atom is 0.306 e. The van der Waals surface area contributed by atoms with Crippen molar-refractivity contribution >= 4 is 17.9 Å². The van der Waals surface area contributed by atoms with Crippen molar-refractivity contribution in [2.24, 2.45) is 17.8 Å². The molecule has 0 radical (unpaired) electrons. The topological polar surface area (TPSA) is 78.9 Å². The van der Waals surface area contributed by atoms with Gasteiger partial charge in [-0.1, -0.05) is 318 Å². The lowest BCUT2D eigenvalue weighted by Crippen LogP contribution is -2.30. The summed E-state index contributed by atoms with van der Waals surface area (Å²) in [5, 5.41) is 0. The molecule has 0 aliphatic heterocycles. The Balaban J connectivity index is 4.25. The summed E-state index contributed by atoms with van der Waals surface area (Å²) in [5.74, 6) is 1.77. The summed E-state index contributed by atoms with van der Waals surface area (Å²) in [6.07, 6.45) is 59.5. The van der Waals surface area contributed by atoms with Gasteiger partial charge < -0.3 is 14.2 Å². The number of hydrogen-bond acceptors (Lipinski definition) is 6. The minimum atomic E-state index is -0.765. The zero-order valence-corrected chi connectivity index (χ0v) is 48.3. The number of rotatable bonds is 57. The summed E-state index contributed by atoms with van der Waals surface area (Å²) in [6, 6.07) is 0. The molecule has 0 aliphatic carbocycles. The number of hydrogen-bond donors (Lipinski definition) is 0. The van der Waals surface area contributed by atoms with Gasteiger partial charge in [-0.25, -0.2) is 0 Å². The van der Waals surface area contributed by atoms with Gasteiger partial charge in [0.05, 0.1) is 0 Å². The van der Waals surface area contributed by atoms with Crippen molar-refractivity contribution in [1.82, 2.24) is 0 Å². The average molecular weight is 990 g/mol. The van der Waals surface area contributed by atoms with E-state index in [1.807, 2.05) is 0 Å². The van der Waals surface area contributed by atoms with Gasteiger partial charge in [0.15, 0.2) is 6.10 Å². The van der Waals surface area contributed by atoms with Gasteiger partial charge in [-0.15, -0.1) is 0 Å². The van der Waals surface area contributed by atoms with Crippen molar-refractivity contribution in [2.75, 3.05) is 13.2 Å². The van der Waals surface area contributed by atoms with Gasteiger partial charge in [0.1, 0.15) is 13.2 Å². The second-order valence-electron chi connectivity index (χ2n) is 23.0. The van der Waals surface area contributed by atoms with Gasteiger partial charge in [0.25, 0.3) is 0 Å². The van der Waals surface area contributed by atoms with Gasteiger partial charge in [-0.05, 0) is 37.0 Å². The molecule has 0 aromatic carbocycles. The Bertz CT molecular complexity index is 1090. The predicted molar refractivity (Wildman–Crippen MR) is 303 cm³/mol. The molecule has 0 spiro atoms. The lowest BCUT2D eigenvalue weighted by Gasteiger charge is -2.18. The molecule has 6 nitrogen and oxygen atoms in total.